The Kier molecular flexibility index (Phi) is 2.71. The highest BCUT2D eigenvalue weighted by Gasteiger charge is 2.15. The highest BCUT2D eigenvalue weighted by Crippen LogP contribution is 2.16. The van der Waals surface area contributed by atoms with Crippen molar-refractivity contribution in [2.24, 2.45) is 0 Å². The molecule has 1 aliphatic rings. The number of benzene rings is 1. The quantitative estimate of drug-likeness (QED) is 0.707. The van der Waals surface area contributed by atoms with Crippen LogP contribution >= 0.6 is 0 Å². The lowest BCUT2D eigenvalue weighted by Crippen LogP contribution is -2.19. The molecule has 0 saturated carbocycles. The highest BCUT2D eigenvalue weighted by molar-refractivity contribution is 5.38. The average Bonchev–Trinajstić information content (AvgIpc) is 2.71. The first-order valence-electron chi connectivity index (χ1n) is 4.82. The Hall–Kier alpha value is -1.46. The summed E-state index contributed by atoms with van der Waals surface area (Å²) in [5.41, 5.74) is 0.869. The van der Waals surface area contributed by atoms with Crippen LogP contribution in [0.25, 0.3) is 0 Å². The van der Waals surface area contributed by atoms with Gasteiger partial charge in [-0.1, -0.05) is 12.0 Å². The van der Waals surface area contributed by atoms with Gasteiger partial charge in [0.25, 0.3) is 0 Å². The van der Waals surface area contributed by atoms with Gasteiger partial charge in [0, 0.05) is 12.1 Å². The van der Waals surface area contributed by atoms with E-state index in [0.717, 1.165) is 30.8 Å². The molecule has 2 heteroatoms. The number of hydrogen-bond donors (Lipinski definition) is 1. The molecule has 1 N–H and O–H groups in total. The van der Waals surface area contributed by atoms with Crippen LogP contribution in [0.3, 0.4) is 0 Å². The predicted molar refractivity (Wildman–Crippen MR) is 56.3 cm³/mol. The molecule has 1 aliphatic heterocycles. The largest absolute Gasteiger partial charge is 0.489 e. The standard InChI is InChI=1S/C12H13NO/c1-2-10-4-3-5-11(8-10)14-12-6-7-13-9-12/h1,3-5,8,12-13H,6-7,9H2. The fraction of sp³-hybridized carbons (Fsp3) is 0.333. The zero-order valence-electron chi connectivity index (χ0n) is 7.99. The molecule has 14 heavy (non-hydrogen) atoms. The van der Waals surface area contributed by atoms with Crippen molar-refractivity contribution in [3.63, 3.8) is 0 Å². The van der Waals surface area contributed by atoms with Gasteiger partial charge >= 0.3 is 0 Å². The molecule has 0 radical (unpaired) electrons. The lowest BCUT2D eigenvalue weighted by molar-refractivity contribution is 0.223. The second kappa shape index (κ2) is 4.17. The summed E-state index contributed by atoms with van der Waals surface area (Å²) in [5.74, 6) is 3.47. The molecular weight excluding hydrogens is 174 g/mol. The maximum atomic E-state index is 5.76. The van der Waals surface area contributed by atoms with E-state index in [9.17, 15) is 0 Å². The van der Waals surface area contributed by atoms with Crippen molar-refractivity contribution in [2.45, 2.75) is 12.5 Å². The van der Waals surface area contributed by atoms with Crippen molar-refractivity contribution in [3.05, 3.63) is 29.8 Å². The summed E-state index contributed by atoms with van der Waals surface area (Å²) in [6, 6.07) is 7.67. The van der Waals surface area contributed by atoms with Gasteiger partial charge in [0.15, 0.2) is 0 Å². The van der Waals surface area contributed by atoms with Crippen LogP contribution in [0, 0.1) is 12.3 Å². The van der Waals surface area contributed by atoms with E-state index < -0.39 is 0 Å². The van der Waals surface area contributed by atoms with Crippen molar-refractivity contribution in [3.8, 4) is 18.1 Å². The second-order valence-electron chi connectivity index (χ2n) is 3.40. The Balaban J connectivity index is 2.05. The Bertz CT molecular complexity index is 348. The van der Waals surface area contributed by atoms with Gasteiger partial charge < -0.3 is 10.1 Å². The molecular formula is C12H13NO. The Morgan fingerprint density at radius 1 is 1.50 bits per heavy atom. The van der Waals surface area contributed by atoms with E-state index in [0.29, 0.717) is 6.10 Å². The molecule has 2 nitrogen and oxygen atoms in total. The van der Waals surface area contributed by atoms with Gasteiger partial charge in [-0.2, -0.15) is 0 Å². The van der Waals surface area contributed by atoms with Gasteiger partial charge in [-0.3, -0.25) is 0 Å². The van der Waals surface area contributed by atoms with Crippen LogP contribution in [0.2, 0.25) is 0 Å². The maximum absolute atomic E-state index is 5.76. The predicted octanol–water partition coefficient (Wildman–Crippen LogP) is 1.41. The van der Waals surface area contributed by atoms with Crippen molar-refractivity contribution < 1.29 is 4.74 Å². The molecule has 2 rings (SSSR count). The molecule has 0 spiro atoms. The SMILES string of the molecule is C#Cc1cccc(OC2CCNC2)c1. The van der Waals surface area contributed by atoms with Crippen LogP contribution < -0.4 is 10.1 Å². The summed E-state index contributed by atoms with van der Waals surface area (Å²) < 4.78 is 5.76. The smallest absolute Gasteiger partial charge is 0.121 e. The van der Waals surface area contributed by atoms with Crippen LogP contribution in [-0.4, -0.2) is 19.2 Å². The van der Waals surface area contributed by atoms with Gasteiger partial charge in [0.05, 0.1) is 0 Å². The molecule has 1 unspecified atom stereocenters. The zero-order valence-corrected chi connectivity index (χ0v) is 7.99. The number of nitrogens with one attached hydrogen (secondary N) is 1. The fourth-order valence-corrected chi connectivity index (χ4v) is 1.58. The van der Waals surface area contributed by atoms with Gasteiger partial charge in [-0.25, -0.2) is 0 Å². The van der Waals surface area contributed by atoms with Gasteiger partial charge in [-0.15, -0.1) is 6.42 Å². The van der Waals surface area contributed by atoms with Crippen molar-refractivity contribution in [1.82, 2.24) is 5.32 Å². The fourth-order valence-electron chi connectivity index (χ4n) is 1.58. The van der Waals surface area contributed by atoms with E-state index in [4.69, 9.17) is 11.2 Å². The van der Waals surface area contributed by atoms with Crippen LogP contribution in [0.5, 0.6) is 5.75 Å². The van der Waals surface area contributed by atoms with E-state index in [1.807, 2.05) is 24.3 Å². The van der Waals surface area contributed by atoms with Gasteiger partial charge in [0.1, 0.15) is 11.9 Å². The minimum Gasteiger partial charge on any atom is -0.489 e. The van der Waals surface area contributed by atoms with E-state index >= 15 is 0 Å². The van der Waals surface area contributed by atoms with Gasteiger partial charge in [-0.05, 0) is 31.2 Å². The first kappa shape index (κ1) is 9.11. The maximum Gasteiger partial charge on any atom is 0.121 e. The Morgan fingerprint density at radius 2 is 2.43 bits per heavy atom. The molecule has 1 fully saturated rings. The molecule has 1 atom stereocenters. The first-order chi connectivity index (χ1) is 6.88. The van der Waals surface area contributed by atoms with Gasteiger partial charge in [0.2, 0.25) is 0 Å². The highest BCUT2D eigenvalue weighted by atomic mass is 16.5. The number of rotatable bonds is 2. The summed E-state index contributed by atoms with van der Waals surface area (Å²) in [6.45, 7) is 1.97. The van der Waals surface area contributed by atoms with Crippen molar-refractivity contribution in [2.75, 3.05) is 13.1 Å². The van der Waals surface area contributed by atoms with Crippen LogP contribution in [0.4, 0.5) is 0 Å². The number of terminal acetylenes is 1. The Morgan fingerprint density at radius 3 is 3.14 bits per heavy atom. The van der Waals surface area contributed by atoms with Crippen LogP contribution in [-0.2, 0) is 0 Å². The summed E-state index contributed by atoms with van der Waals surface area (Å²) in [6.07, 6.45) is 6.67. The van der Waals surface area contributed by atoms with Crippen molar-refractivity contribution in [1.29, 1.82) is 0 Å². The van der Waals surface area contributed by atoms with Crippen LogP contribution in [0.15, 0.2) is 24.3 Å². The molecule has 1 aromatic rings. The third-order valence-electron chi connectivity index (χ3n) is 2.32. The third-order valence-corrected chi connectivity index (χ3v) is 2.32. The van der Waals surface area contributed by atoms with E-state index in [-0.39, 0.29) is 0 Å². The van der Waals surface area contributed by atoms with E-state index in [2.05, 4.69) is 11.2 Å². The summed E-state index contributed by atoms with van der Waals surface area (Å²) in [5, 5.41) is 3.26. The molecule has 1 saturated heterocycles. The summed E-state index contributed by atoms with van der Waals surface area (Å²) >= 11 is 0. The Labute approximate surface area is 84.3 Å². The minimum absolute atomic E-state index is 0.294. The lowest BCUT2D eigenvalue weighted by atomic mass is 10.2. The monoisotopic (exact) mass is 187 g/mol. The minimum atomic E-state index is 0.294. The first-order valence-corrected chi connectivity index (χ1v) is 4.82. The molecule has 1 aromatic carbocycles. The average molecular weight is 187 g/mol. The zero-order chi connectivity index (χ0) is 9.80. The summed E-state index contributed by atoms with van der Waals surface area (Å²) in [7, 11) is 0. The van der Waals surface area contributed by atoms with Crippen molar-refractivity contribution >= 4 is 0 Å². The molecule has 72 valence electrons. The summed E-state index contributed by atoms with van der Waals surface area (Å²) in [4.78, 5) is 0. The third kappa shape index (κ3) is 2.07. The topological polar surface area (TPSA) is 21.3 Å². The molecule has 0 bridgehead atoms. The normalized spacial score (nSPS) is 20.4. The molecule has 0 aromatic heterocycles. The van der Waals surface area contributed by atoms with E-state index in [1.54, 1.807) is 0 Å². The molecule has 0 amide bonds. The molecule has 1 heterocycles. The van der Waals surface area contributed by atoms with E-state index in [1.165, 1.54) is 0 Å². The molecule has 0 aliphatic carbocycles. The second-order valence-corrected chi connectivity index (χ2v) is 3.40. The number of ether oxygens (including phenoxy) is 1. The number of hydrogen-bond acceptors (Lipinski definition) is 2. The van der Waals surface area contributed by atoms with Crippen LogP contribution in [0.1, 0.15) is 12.0 Å². The lowest BCUT2D eigenvalue weighted by Gasteiger charge is -2.12.